The van der Waals surface area contributed by atoms with Gasteiger partial charge in [-0.25, -0.2) is 14.5 Å². The van der Waals surface area contributed by atoms with E-state index in [-0.39, 0.29) is 10.7 Å². The van der Waals surface area contributed by atoms with Gasteiger partial charge < -0.3 is 10.7 Å². The summed E-state index contributed by atoms with van der Waals surface area (Å²) in [6, 6.07) is 8.31. The number of para-hydroxylation sites is 1. The lowest BCUT2D eigenvalue weighted by molar-refractivity contribution is -0.119. The predicted molar refractivity (Wildman–Crippen MR) is 92.5 cm³/mol. The van der Waals surface area contributed by atoms with E-state index in [0.717, 1.165) is 17.4 Å². The van der Waals surface area contributed by atoms with Crippen LogP contribution in [0.5, 0.6) is 0 Å². The van der Waals surface area contributed by atoms with Crippen LogP contribution in [0, 0.1) is 0 Å². The number of benzene rings is 1. The fourth-order valence-electron chi connectivity index (χ4n) is 2.16. The number of hydrogen-bond donors (Lipinski definition) is 3. The molecule has 0 saturated heterocycles. The van der Waals surface area contributed by atoms with Crippen molar-refractivity contribution < 1.29 is 9.59 Å². The van der Waals surface area contributed by atoms with Gasteiger partial charge in [0.2, 0.25) is 5.91 Å². The number of thioether (sulfide) groups is 1. The lowest BCUT2D eigenvalue weighted by atomic mass is 10.3. The Morgan fingerprint density at radius 2 is 2.04 bits per heavy atom. The molecular weight excluding hydrogens is 344 g/mol. The highest BCUT2D eigenvalue weighted by atomic mass is 32.2. The number of aromatic amines is 1. The topological polar surface area (TPSA) is 136 Å². The molecule has 25 heavy (non-hydrogen) atoms. The average molecular weight is 358 g/mol. The third-order valence-corrected chi connectivity index (χ3v) is 4.31. The van der Waals surface area contributed by atoms with E-state index >= 15 is 0 Å². The molecule has 3 amide bonds. The minimum Gasteiger partial charge on any atom is -0.351 e. The molecule has 0 bridgehead atoms. The smallest absolute Gasteiger partial charge is 0.318 e. The molecule has 3 rings (SSSR count). The van der Waals surface area contributed by atoms with E-state index in [2.05, 4.69) is 15.1 Å². The van der Waals surface area contributed by atoms with Gasteiger partial charge in [0.15, 0.2) is 10.8 Å². The van der Waals surface area contributed by atoms with E-state index in [0.29, 0.717) is 11.0 Å². The molecule has 0 aliphatic carbocycles. The molecule has 0 unspecified atom stereocenters. The van der Waals surface area contributed by atoms with Crippen molar-refractivity contribution in [3.05, 3.63) is 46.9 Å². The number of nitrogens with two attached hydrogens (primary N) is 1. The first-order valence-corrected chi connectivity index (χ1v) is 8.14. The van der Waals surface area contributed by atoms with Gasteiger partial charge in [0, 0.05) is 0 Å². The van der Waals surface area contributed by atoms with Crippen molar-refractivity contribution >= 4 is 34.7 Å². The quantitative estimate of drug-likeness (QED) is 0.466. The summed E-state index contributed by atoms with van der Waals surface area (Å²) in [4.78, 5) is 41.8. The molecule has 10 heteroatoms. The molecule has 0 spiro atoms. The number of imide groups is 1. The molecular formula is C15H14N6O3S. The molecule has 1 aromatic carbocycles. The molecule has 0 aliphatic rings. The van der Waals surface area contributed by atoms with Gasteiger partial charge in [-0.2, -0.15) is 5.10 Å². The van der Waals surface area contributed by atoms with Crippen LogP contribution in [0.4, 0.5) is 4.79 Å². The summed E-state index contributed by atoms with van der Waals surface area (Å²) in [5, 5.41) is 6.09. The summed E-state index contributed by atoms with van der Waals surface area (Å²) >= 11 is 1.00. The Labute approximate surface area is 145 Å². The SMILES string of the molecule is C[C@@H](Sc1nc2c(cnn2-c2ccccc2)c(=O)[nH]1)C(=O)NC(N)=O. The van der Waals surface area contributed by atoms with Crippen LogP contribution in [-0.4, -0.2) is 36.9 Å². The molecule has 2 heterocycles. The number of primary amides is 1. The van der Waals surface area contributed by atoms with Gasteiger partial charge in [-0.15, -0.1) is 0 Å². The van der Waals surface area contributed by atoms with Crippen LogP contribution < -0.4 is 16.6 Å². The third-order valence-electron chi connectivity index (χ3n) is 3.32. The van der Waals surface area contributed by atoms with Crippen molar-refractivity contribution in [1.82, 2.24) is 25.1 Å². The normalized spacial score (nSPS) is 12.0. The molecule has 0 aliphatic heterocycles. The van der Waals surface area contributed by atoms with Crippen molar-refractivity contribution in [2.75, 3.05) is 0 Å². The first-order valence-electron chi connectivity index (χ1n) is 7.26. The van der Waals surface area contributed by atoms with Crippen molar-refractivity contribution in [3.8, 4) is 5.69 Å². The maximum absolute atomic E-state index is 12.2. The Morgan fingerprint density at radius 1 is 1.32 bits per heavy atom. The highest BCUT2D eigenvalue weighted by molar-refractivity contribution is 8.00. The summed E-state index contributed by atoms with van der Waals surface area (Å²) in [5.74, 6) is -0.572. The maximum atomic E-state index is 12.2. The standard InChI is InChI=1S/C15H14N6O3S/c1-8(12(22)19-14(16)24)25-15-18-11-10(13(23)20-15)7-17-21(11)9-5-3-2-4-6-9/h2-8H,1H3,(H,18,20,23)(H3,16,19,22,24)/t8-/m1/s1. The molecule has 0 radical (unpaired) electrons. The Hall–Kier alpha value is -3.14. The summed E-state index contributed by atoms with van der Waals surface area (Å²) in [5.41, 5.74) is 5.70. The fraction of sp³-hybridized carbons (Fsp3) is 0.133. The van der Waals surface area contributed by atoms with Gasteiger partial charge in [0.25, 0.3) is 5.56 Å². The summed E-state index contributed by atoms with van der Waals surface area (Å²) in [7, 11) is 0. The van der Waals surface area contributed by atoms with E-state index < -0.39 is 17.2 Å². The number of nitrogens with zero attached hydrogens (tertiary/aromatic N) is 3. The molecule has 0 saturated carbocycles. The van der Waals surface area contributed by atoms with Crippen molar-refractivity contribution in [2.45, 2.75) is 17.3 Å². The predicted octanol–water partition coefficient (Wildman–Crippen LogP) is 0.784. The van der Waals surface area contributed by atoms with Gasteiger partial charge in [-0.05, 0) is 19.1 Å². The Balaban J connectivity index is 1.97. The van der Waals surface area contributed by atoms with Crippen LogP contribution in [0.15, 0.2) is 46.5 Å². The van der Waals surface area contributed by atoms with Crippen LogP contribution >= 0.6 is 11.8 Å². The number of amides is 3. The Kier molecular flexibility index (Phi) is 4.52. The van der Waals surface area contributed by atoms with E-state index in [1.165, 1.54) is 6.20 Å². The van der Waals surface area contributed by atoms with Crippen molar-refractivity contribution in [2.24, 2.45) is 5.73 Å². The molecule has 0 fully saturated rings. The van der Waals surface area contributed by atoms with Crippen molar-refractivity contribution in [3.63, 3.8) is 0 Å². The molecule has 9 nitrogen and oxygen atoms in total. The number of H-pyrrole nitrogens is 1. The molecule has 128 valence electrons. The Bertz CT molecular complexity index is 997. The average Bonchev–Trinajstić information content (AvgIpc) is 2.99. The highest BCUT2D eigenvalue weighted by Crippen LogP contribution is 2.21. The minimum atomic E-state index is -0.934. The van der Waals surface area contributed by atoms with Crippen LogP contribution in [0.1, 0.15) is 6.92 Å². The number of carbonyl (C=O) groups excluding carboxylic acids is 2. The molecule has 1 atom stereocenters. The minimum absolute atomic E-state index is 0.238. The van der Waals surface area contributed by atoms with E-state index in [1.54, 1.807) is 11.6 Å². The van der Waals surface area contributed by atoms with E-state index in [1.807, 2.05) is 35.6 Å². The number of hydrogen-bond acceptors (Lipinski definition) is 6. The number of nitrogens with one attached hydrogen (secondary N) is 2. The zero-order valence-electron chi connectivity index (χ0n) is 13.1. The summed E-state index contributed by atoms with van der Waals surface area (Å²) in [6.45, 7) is 1.57. The number of carbonyl (C=O) groups is 2. The number of aromatic nitrogens is 4. The first-order chi connectivity index (χ1) is 12.0. The number of fused-ring (bicyclic) bond motifs is 1. The molecule has 3 aromatic rings. The largest absolute Gasteiger partial charge is 0.351 e. The second kappa shape index (κ2) is 6.77. The van der Waals surface area contributed by atoms with Gasteiger partial charge in [-0.3, -0.25) is 14.9 Å². The van der Waals surface area contributed by atoms with E-state index in [9.17, 15) is 14.4 Å². The van der Waals surface area contributed by atoms with Gasteiger partial charge in [0.1, 0.15) is 5.39 Å². The number of urea groups is 1. The Morgan fingerprint density at radius 3 is 2.72 bits per heavy atom. The van der Waals surface area contributed by atoms with Crippen LogP contribution in [0.25, 0.3) is 16.7 Å². The van der Waals surface area contributed by atoms with Crippen LogP contribution in [0.3, 0.4) is 0 Å². The monoisotopic (exact) mass is 358 g/mol. The number of rotatable bonds is 4. The van der Waals surface area contributed by atoms with Crippen LogP contribution in [-0.2, 0) is 4.79 Å². The zero-order chi connectivity index (χ0) is 18.0. The van der Waals surface area contributed by atoms with E-state index in [4.69, 9.17) is 5.73 Å². The van der Waals surface area contributed by atoms with Gasteiger partial charge in [-0.1, -0.05) is 30.0 Å². The molecule has 4 N–H and O–H groups in total. The highest BCUT2D eigenvalue weighted by Gasteiger charge is 2.19. The summed E-state index contributed by atoms with van der Waals surface area (Å²) < 4.78 is 1.54. The van der Waals surface area contributed by atoms with Crippen LogP contribution in [0.2, 0.25) is 0 Å². The first kappa shape index (κ1) is 16.7. The second-order valence-corrected chi connectivity index (χ2v) is 6.44. The molecule has 2 aromatic heterocycles. The lowest BCUT2D eigenvalue weighted by Gasteiger charge is -2.09. The summed E-state index contributed by atoms with van der Waals surface area (Å²) in [6.07, 6.45) is 1.44. The maximum Gasteiger partial charge on any atom is 0.318 e. The third kappa shape index (κ3) is 3.53. The lowest BCUT2D eigenvalue weighted by Crippen LogP contribution is -2.39. The van der Waals surface area contributed by atoms with Crippen molar-refractivity contribution in [1.29, 1.82) is 0 Å². The van der Waals surface area contributed by atoms with Gasteiger partial charge in [0.05, 0.1) is 17.1 Å². The fourth-order valence-corrected chi connectivity index (χ4v) is 2.95. The second-order valence-electron chi connectivity index (χ2n) is 5.11. The van der Waals surface area contributed by atoms with Gasteiger partial charge >= 0.3 is 6.03 Å². The zero-order valence-corrected chi connectivity index (χ0v) is 13.9.